The number of carbonyl (C=O) groups is 1. The van der Waals surface area contributed by atoms with Gasteiger partial charge in [-0.1, -0.05) is 26.7 Å². The van der Waals surface area contributed by atoms with E-state index in [1.54, 1.807) is 26.0 Å². The summed E-state index contributed by atoms with van der Waals surface area (Å²) < 4.78 is 27.0. The molecular weight excluding hydrogens is 316 g/mol. The molecule has 1 fully saturated rings. The number of nitrogens with one attached hydrogen (secondary N) is 2. The molecule has 1 aliphatic rings. The molecule has 0 aromatic heterocycles. The Labute approximate surface area is 137 Å². The van der Waals surface area contributed by atoms with Crippen LogP contribution in [0.2, 0.25) is 0 Å². The SMILES string of the molecule is CC(C)C(=O)Nc1ccc(S(=O)(=O)NCC2(O)CCCC2)cc1. The molecule has 23 heavy (non-hydrogen) atoms. The Bertz CT molecular complexity index is 647. The average molecular weight is 340 g/mol. The van der Waals surface area contributed by atoms with Crippen molar-refractivity contribution in [2.24, 2.45) is 5.92 Å². The van der Waals surface area contributed by atoms with Gasteiger partial charge in [-0.05, 0) is 37.1 Å². The van der Waals surface area contributed by atoms with E-state index in [0.29, 0.717) is 18.5 Å². The van der Waals surface area contributed by atoms with Gasteiger partial charge in [-0.15, -0.1) is 0 Å². The number of benzene rings is 1. The first-order chi connectivity index (χ1) is 10.7. The molecule has 0 atom stereocenters. The fourth-order valence-electron chi connectivity index (χ4n) is 2.53. The molecule has 2 rings (SSSR count). The number of aliphatic hydroxyl groups is 1. The van der Waals surface area contributed by atoms with Gasteiger partial charge in [0.25, 0.3) is 0 Å². The van der Waals surface area contributed by atoms with Gasteiger partial charge in [-0.2, -0.15) is 0 Å². The fraction of sp³-hybridized carbons (Fsp3) is 0.562. The predicted molar refractivity (Wildman–Crippen MR) is 88.5 cm³/mol. The van der Waals surface area contributed by atoms with Crippen molar-refractivity contribution in [2.75, 3.05) is 11.9 Å². The van der Waals surface area contributed by atoms with Crippen LogP contribution in [-0.2, 0) is 14.8 Å². The molecule has 0 aliphatic heterocycles. The zero-order chi connectivity index (χ0) is 17.1. The molecular formula is C16H24N2O4S. The normalized spacial score (nSPS) is 17.4. The topological polar surface area (TPSA) is 95.5 Å². The van der Waals surface area contributed by atoms with E-state index >= 15 is 0 Å². The summed E-state index contributed by atoms with van der Waals surface area (Å²) in [6, 6.07) is 5.99. The highest BCUT2D eigenvalue weighted by molar-refractivity contribution is 7.89. The van der Waals surface area contributed by atoms with Crippen molar-refractivity contribution in [2.45, 2.75) is 50.0 Å². The summed E-state index contributed by atoms with van der Waals surface area (Å²) >= 11 is 0. The van der Waals surface area contributed by atoms with Gasteiger partial charge in [0.15, 0.2) is 0 Å². The van der Waals surface area contributed by atoms with Gasteiger partial charge < -0.3 is 10.4 Å². The van der Waals surface area contributed by atoms with Crippen LogP contribution in [0.15, 0.2) is 29.2 Å². The lowest BCUT2D eigenvalue weighted by Crippen LogP contribution is -2.40. The summed E-state index contributed by atoms with van der Waals surface area (Å²) in [6.07, 6.45) is 3.08. The number of sulfonamides is 1. The Balaban J connectivity index is 2.01. The van der Waals surface area contributed by atoms with Gasteiger partial charge in [0.2, 0.25) is 15.9 Å². The third-order valence-electron chi connectivity index (χ3n) is 4.08. The highest BCUT2D eigenvalue weighted by Crippen LogP contribution is 2.29. The second-order valence-electron chi connectivity index (χ2n) is 6.42. The largest absolute Gasteiger partial charge is 0.389 e. The first kappa shape index (κ1) is 17.9. The number of carbonyl (C=O) groups excluding carboxylic acids is 1. The van der Waals surface area contributed by atoms with E-state index in [1.165, 1.54) is 12.1 Å². The maximum atomic E-state index is 12.3. The Morgan fingerprint density at radius 3 is 2.30 bits per heavy atom. The van der Waals surface area contributed by atoms with Crippen molar-refractivity contribution < 1.29 is 18.3 Å². The molecule has 1 amide bonds. The third kappa shape index (κ3) is 4.76. The molecule has 3 N–H and O–H groups in total. The van der Waals surface area contributed by atoms with Crippen LogP contribution in [0.5, 0.6) is 0 Å². The lowest BCUT2D eigenvalue weighted by Gasteiger charge is -2.22. The van der Waals surface area contributed by atoms with Crippen molar-refractivity contribution in [1.29, 1.82) is 0 Å². The van der Waals surface area contributed by atoms with Crippen LogP contribution >= 0.6 is 0 Å². The van der Waals surface area contributed by atoms with Gasteiger partial charge in [0, 0.05) is 18.2 Å². The number of rotatable bonds is 6. The summed E-state index contributed by atoms with van der Waals surface area (Å²) in [7, 11) is -3.67. The highest BCUT2D eigenvalue weighted by atomic mass is 32.2. The lowest BCUT2D eigenvalue weighted by molar-refractivity contribution is -0.118. The molecule has 0 saturated heterocycles. The number of amides is 1. The van der Waals surface area contributed by atoms with Crippen molar-refractivity contribution in [3.05, 3.63) is 24.3 Å². The standard InChI is InChI=1S/C16H24N2O4S/c1-12(2)15(19)18-13-5-7-14(8-6-13)23(21,22)17-11-16(20)9-3-4-10-16/h5-8,12,17,20H,3-4,9-11H2,1-2H3,(H,18,19). The van der Waals surface area contributed by atoms with Crippen LogP contribution in [0.3, 0.4) is 0 Å². The maximum absolute atomic E-state index is 12.3. The summed E-state index contributed by atoms with van der Waals surface area (Å²) in [5, 5.41) is 12.9. The molecule has 0 heterocycles. The molecule has 6 nitrogen and oxygen atoms in total. The number of hydrogen-bond acceptors (Lipinski definition) is 4. The molecule has 0 bridgehead atoms. The maximum Gasteiger partial charge on any atom is 0.240 e. The third-order valence-corrected chi connectivity index (χ3v) is 5.50. The molecule has 0 spiro atoms. The van der Waals surface area contributed by atoms with Crippen LogP contribution in [0.4, 0.5) is 5.69 Å². The second kappa shape index (κ2) is 6.98. The summed E-state index contributed by atoms with van der Waals surface area (Å²) in [6.45, 7) is 3.60. The zero-order valence-corrected chi connectivity index (χ0v) is 14.3. The Morgan fingerprint density at radius 2 is 1.78 bits per heavy atom. The first-order valence-electron chi connectivity index (χ1n) is 7.85. The van der Waals surface area contributed by atoms with Crippen molar-refractivity contribution in [3.8, 4) is 0 Å². The summed E-state index contributed by atoms with van der Waals surface area (Å²) in [5.74, 6) is -0.269. The molecule has 1 aromatic carbocycles. The minimum Gasteiger partial charge on any atom is -0.389 e. The lowest BCUT2D eigenvalue weighted by atomic mass is 10.0. The van der Waals surface area contributed by atoms with Gasteiger partial charge in [-0.3, -0.25) is 4.79 Å². The Morgan fingerprint density at radius 1 is 1.22 bits per heavy atom. The average Bonchev–Trinajstić information content (AvgIpc) is 2.93. The Hall–Kier alpha value is -1.44. The monoisotopic (exact) mass is 340 g/mol. The van der Waals surface area contributed by atoms with Crippen molar-refractivity contribution in [3.63, 3.8) is 0 Å². The molecule has 7 heteroatoms. The summed E-state index contributed by atoms with van der Waals surface area (Å²) in [5.41, 5.74) is -0.379. The van der Waals surface area contributed by atoms with Crippen LogP contribution in [0, 0.1) is 5.92 Å². The molecule has 1 aliphatic carbocycles. The van der Waals surface area contributed by atoms with Crippen LogP contribution in [0.25, 0.3) is 0 Å². The van der Waals surface area contributed by atoms with Crippen LogP contribution < -0.4 is 10.0 Å². The van der Waals surface area contributed by atoms with Gasteiger partial charge in [0.1, 0.15) is 0 Å². The fourth-order valence-corrected chi connectivity index (χ4v) is 3.65. The van der Waals surface area contributed by atoms with Gasteiger partial charge >= 0.3 is 0 Å². The van der Waals surface area contributed by atoms with Gasteiger partial charge in [-0.25, -0.2) is 13.1 Å². The molecule has 0 unspecified atom stereocenters. The van der Waals surface area contributed by atoms with E-state index in [-0.39, 0.29) is 23.3 Å². The van der Waals surface area contributed by atoms with Crippen molar-refractivity contribution in [1.82, 2.24) is 4.72 Å². The molecule has 0 radical (unpaired) electrons. The van der Waals surface area contributed by atoms with E-state index in [1.807, 2.05) is 0 Å². The zero-order valence-electron chi connectivity index (χ0n) is 13.5. The Kier molecular flexibility index (Phi) is 5.44. The second-order valence-corrected chi connectivity index (χ2v) is 8.19. The molecule has 1 saturated carbocycles. The molecule has 128 valence electrons. The minimum atomic E-state index is -3.67. The quantitative estimate of drug-likeness (QED) is 0.736. The van der Waals surface area contributed by atoms with E-state index in [4.69, 9.17) is 0 Å². The summed E-state index contributed by atoms with van der Waals surface area (Å²) in [4.78, 5) is 11.7. The van der Waals surface area contributed by atoms with Crippen molar-refractivity contribution >= 4 is 21.6 Å². The first-order valence-corrected chi connectivity index (χ1v) is 9.33. The van der Waals surface area contributed by atoms with Crippen LogP contribution in [-0.4, -0.2) is 31.6 Å². The van der Waals surface area contributed by atoms with E-state index in [9.17, 15) is 18.3 Å². The smallest absolute Gasteiger partial charge is 0.240 e. The van der Waals surface area contributed by atoms with E-state index < -0.39 is 15.6 Å². The molecule has 1 aromatic rings. The highest BCUT2D eigenvalue weighted by Gasteiger charge is 2.32. The predicted octanol–water partition coefficient (Wildman–Crippen LogP) is 1.86. The van der Waals surface area contributed by atoms with Gasteiger partial charge in [0.05, 0.1) is 10.5 Å². The van der Waals surface area contributed by atoms with E-state index in [0.717, 1.165) is 12.8 Å². The van der Waals surface area contributed by atoms with E-state index in [2.05, 4.69) is 10.0 Å². The number of hydrogen-bond donors (Lipinski definition) is 3. The number of anilines is 1. The minimum absolute atomic E-state index is 0.0289. The van der Waals surface area contributed by atoms with Crippen LogP contribution in [0.1, 0.15) is 39.5 Å².